The van der Waals surface area contributed by atoms with Crippen LogP contribution < -0.4 is 11.1 Å². The third-order valence-electron chi connectivity index (χ3n) is 1.86. The maximum absolute atomic E-state index is 11.2. The number of nitrogens with zero attached hydrogens (tertiary/aromatic N) is 1. The van der Waals surface area contributed by atoms with Gasteiger partial charge < -0.3 is 16.2 Å². The molecule has 86 valence electrons. The van der Waals surface area contributed by atoms with Gasteiger partial charge in [-0.1, -0.05) is 0 Å². The number of phenolic OH excluding ortho intramolecular Hbond substituents is 1. The van der Waals surface area contributed by atoms with E-state index in [4.69, 9.17) is 5.73 Å². The van der Waals surface area contributed by atoms with Crippen LogP contribution in [0.15, 0.2) is 18.2 Å². The molecule has 1 rings (SSSR count). The van der Waals surface area contributed by atoms with Gasteiger partial charge in [0.15, 0.2) is 0 Å². The molecule has 0 spiro atoms. The number of non-ortho nitro benzene ring substituents is 1. The number of carbonyl (C=O) groups is 1. The summed E-state index contributed by atoms with van der Waals surface area (Å²) < 4.78 is 0. The minimum absolute atomic E-state index is 0.0906. The van der Waals surface area contributed by atoms with E-state index in [1.165, 1.54) is 19.1 Å². The smallest absolute Gasteiger partial charge is 0.273 e. The summed E-state index contributed by atoms with van der Waals surface area (Å²) in [4.78, 5) is 20.9. The van der Waals surface area contributed by atoms with Gasteiger partial charge >= 0.3 is 0 Å². The molecular formula is C9H11N3O4. The van der Waals surface area contributed by atoms with Gasteiger partial charge in [0.05, 0.1) is 22.7 Å². The van der Waals surface area contributed by atoms with Gasteiger partial charge in [-0.2, -0.15) is 0 Å². The van der Waals surface area contributed by atoms with Crippen LogP contribution >= 0.6 is 0 Å². The Morgan fingerprint density at radius 2 is 2.25 bits per heavy atom. The Labute approximate surface area is 91.0 Å². The summed E-state index contributed by atoms with van der Waals surface area (Å²) >= 11 is 0. The summed E-state index contributed by atoms with van der Waals surface area (Å²) in [5.41, 5.74) is 5.15. The van der Waals surface area contributed by atoms with E-state index in [9.17, 15) is 20.0 Å². The summed E-state index contributed by atoms with van der Waals surface area (Å²) in [6.07, 6.45) is 0. The number of rotatable bonds is 3. The van der Waals surface area contributed by atoms with Crippen molar-refractivity contribution in [2.24, 2.45) is 5.73 Å². The molecule has 7 nitrogen and oxygen atoms in total. The molecule has 0 bridgehead atoms. The number of nitrogens with two attached hydrogens (primary N) is 1. The fourth-order valence-corrected chi connectivity index (χ4v) is 0.986. The van der Waals surface area contributed by atoms with Crippen LogP contribution in [0, 0.1) is 10.1 Å². The van der Waals surface area contributed by atoms with Crippen LogP contribution in [0.5, 0.6) is 5.75 Å². The molecule has 0 heterocycles. The number of anilines is 1. The SMILES string of the molecule is C[C@@H](N)C(=O)Nc1ccc([N+](=O)[O-])cc1O. The van der Waals surface area contributed by atoms with Crippen LogP contribution in [0.25, 0.3) is 0 Å². The van der Waals surface area contributed by atoms with Crippen LogP contribution in [0.1, 0.15) is 6.92 Å². The number of hydrogen-bond donors (Lipinski definition) is 3. The fraction of sp³-hybridized carbons (Fsp3) is 0.222. The molecule has 0 aliphatic heterocycles. The maximum Gasteiger partial charge on any atom is 0.273 e. The number of carbonyl (C=O) groups excluding carboxylic acids is 1. The molecule has 1 amide bonds. The summed E-state index contributed by atoms with van der Waals surface area (Å²) in [6.45, 7) is 1.48. The number of benzene rings is 1. The van der Waals surface area contributed by atoms with Crippen molar-refractivity contribution in [3.05, 3.63) is 28.3 Å². The zero-order valence-corrected chi connectivity index (χ0v) is 8.51. The molecule has 0 radical (unpaired) electrons. The first-order valence-electron chi connectivity index (χ1n) is 4.45. The molecule has 0 fully saturated rings. The van der Waals surface area contributed by atoms with Crippen molar-refractivity contribution in [3.63, 3.8) is 0 Å². The van der Waals surface area contributed by atoms with Gasteiger partial charge in [0, 0.05) is 6.07 Å². The van der Waals surface area contributed by atoms with E-state index in [2.05, 4.69) is 5.32 Å². The van der Waals surface area contributed by atoms with E-state index in [-0.39, 0.29) is 17.1 Å². The zero-order valence-electron chi connectivity index (χ0n) is 8.51. The lowest BCUT2D eigenvalue weighted by molar-refractivity contribution is -0.384. The van der Waals surface area contributed by atoms with Crippen molar-refractivity contribution in [1.29, 1.82) is 0 Å². The van der Waals surface area contributed by atoms with Gasteiger partial charge in [-0.3, -0.25) is 14.9 Å². The first kappa shape index (κ1) is 11.9. The van der Waals surface area contributed by atoms with E-state index in [1.54, 1.807) is 0 Å². The number of phenols is 1. The topological polar surface area (TPSA) is 118 Å². The maximum atomic E-state index is 11.2. The molecule has 0 aliphatic rings. The quantitative estimate of drug-likeness (QED) is 0.395. The molecular weight excluding hydrogens is 214 g/mol. The van der Waals surface area contributed by atoms with Crippen molar-refractivity contribution in [2.75, 3.05) is 5.32 Å². The van der Waals surface area contributed by atoms with E-state index in [0.29, 0.717) is 0 Å². The summed E-state index contributed by atoms with van der Waals surface area (Å²) in [7, 11) is 0. The largest absolute Gasteiger partial charge is 0.506 e. The van der Waals surface area contributed by atoms with Crippen LogP contribution in [-0.2, 0) is 4.79 Å². The van der Waals surface area contributed by atoms with Crippen molar-refractivity contribution in [1.82, 2.24) is 0 Å². The Bertz CT molecular complexity index is 431. The molecule has 0 aliphatic carbocycles. The predicted molar refractivity (Wildman–Crippen MR) is 57.0 cm³/mol. The highest BCUT2D eigenvalue weighted by molar-refractivity contribution is 5.95. The third-order valence-corrected chi connectivity index (χ3v) is 1.86. The van der Waals surface area contributed by atoms with Gasteiger partial charge in [-0.15, -0.1) is 0 Å². The second-order valence-corrected chi connectivity index (χ2v) is 3.24. The van der Waals surface area contributed by atoms with Crippen molar-refractivity contribution in [2.45, 2.75) is 13.0 Å². The minimum atomic E-state index is -0.727. The summed E-state index contributed by atoms with van der Waals surface area (Å²) in [5.74, 6) is -0.854. The highest BCUT2D eigenvalue weighted by atomic mass is 16.6. The van der Waals surface area contributed by atoms with Gasteiger partial charge in [-0.05, 0) is 13.0 Å². The average molecular weight is 225 g/mol. The molecule has 0 saturated carbocycles. The average Bonchev–Trinajstić information content (AvgIpc) is 2.20. The number of amides is 1. The van der Waals surface area contributed by atoms with Crippen LogP contribution in [-0.4, -0.2) is 22.0 Å². The van der Waals surface area contributed by atoms with Crippen molar-refractivity contribution >= 4 is 17.3 Å². The van der Waals surface area contributed by atoms with Gasteiger partial charge in [-0.25, -0.2) is 0 Å². The third kappa shape index (κ3) is 2.67. The highest BCUT2D eigenvalue weighted by Gasteiger charge is 2.13. The Hall–Kier alpha value is -2.15. The minimum Gasteiger partial charge on any atom is -0.506 e. The highest BCUT2D eigenvalue weighted by Crippen LogP contribution is 2.27. The van der Waals surface area contributed by atoms with Gasteiger partial charge in [0.2, 0.25) is 5.91 Å². The van der Waals surface area contributed by atoms with E-state index in [0.717, 1.165) is 6.07 Å². The standard InChI is InChI=1S/C9H11N3O4/c1-5(10)9(14)11-7-3-2-6(12(15)16)4-8(7)13/h2-5,13H,10H2,1H3,(H,11,14)/t5-/m1/s1. The van der Waals surface area contributed by atoms with Crippen molar-refractivity contribution < 1.29 is 14.8 Å². The fourth-order valence-electron chi connectivity index (χ4n) is 0.986. The lowest BCUT2D eigenvalue weighted by Gasteiger charge is -2.08. The lowest BCUT2D eigenvalue weighted by atomic mass is 10.2. The first-order chi connectivity index (χ1) is 7.41. The molecule has 1 aromatic rings. The van der Waals surface area contributed by atoms with Crippen LogP contribution in [0.3, 0.4) is 0 Å². The monoisotopic (exact) mass is 225 g/mol. The van der Waals surface area contributed by atoms with E-state index >= 15 is 0 Å². The number of nitro benzene ring substituents is 1. The Balaban J connectivity index is 2.91. The molecule has 0 aromatic heterocycles. The second-order valence-electron chi connectivity index (χ2n) is 3.24. The van der Waals surface area contributed by atoms with Gasteiger partial charge in [0.25, 0.3) is 5.69 Å². The second kappa shape index (κ2) is 4.58. The summed E-state index contributed by atoms with van der Waals surface area (Å²) in [5, 5.41) is 22.1. The number of nitrogens with one attached hydrogen (secondary N) is 1. The van der Waals surface area contributed by atoms with Crippen LogP contribution in [0.4, 0.5) is 11.4 Å². The van der Waals surface area contributed by atoms with Crippen molar-refractivity contribution in [3.8, 4) is 5.75 Å². The molecule has 0 unspecified atom stereocenters. The summed E-state index contributed by atoms with van der Waals surface area (Å²) in [6, 6.07) is 2.65. The number of aromatic hydroxyl groups is 1. The molecule has 4 N–H and O–H groups in total. The Kier molecular flexibility index (Phi) is 3.41. The Morgan fingerprint density at radius 3 is 2.69 bits per heavy atom. The molecule has 1 atom stereocenters. The van der Waals surface area contributed by atoms with E-state index < -0.39 is 16.9 Å². The number of nitro groups is 1. The first-order valence-corrected chi connectivity index (χ1v) is 4.45. The van der Waals surface area contributed by atoms with Crippen LogP contribution in [0.2, 0.25) is 0 Å². The van der Waals surface area contributed by atoms with Gasteiger partial charge in [0.1, 0.15) is 5.75 Å². The molecule has 0 saturated heterocycles. The molecule has 7 heteroatoms. The normalized spacial score (nSPS) is 11.9. The predicted octanol–water partition coefficient (Wildman–Crippen LogP) is 0.586. The van der Waals surface area contributed by atoms with E-state index in [1.807, 2.05) is 0 Å². The number of hydrogen-bond acceptors (Lipinski definition) is 5. The molecule has 16 heavy (non-hydrogen) atoms. The molecule has 1 aromatic carbocycles. The Morgan fingerprint density at radius 1 is 1.62 bits per heavy atom. The zero-order chi connectivity index (χ0) is 12.3. The lowest BCUT2D eigenvalue weighted by Crippen LogP contribution is -2.32.